The highest BCUT2D eigenvalue weighted by atomic mass is 32.1. The lowest BCUT2D eigenvalue weighted by Crippen LogP contribution is -2.17. The average molecular weight is 302 g/mol. The van der Waals surface area contributed by atoms with E-state index >= 15 is 0 Å². The molecular formula is C14H14N4O2S. The Balaban J connectivity index is 1.97. The van der Waals surface area contributed by atoms with Crippen LogP contribution >= 0.6 is 11.3 Å². The van der Waals surface area contributed by atoms with Gasteiger partial charge in [0.15, 0.2) is 0 Å². The molecule has 108 valence electrons. The number of carbonyl (C=O) groups is 1. The fourth-order valence-electron chi connectivity index (χ4n) is 1.75. The second-order valence-electron chi connectivity index (χ2n) is 4.11. The molecule has 1 aromatic carbocycles. The van der Waals surface area contributed by atoms with Crippen molar-refractivity contribution in [1.82, 2.24) is 0 Å². The predicted octanol–water partition coefficient (Wildman–Crippen LogP) is 1.79. The fraction of sp³-hybridized carbons (Fsp3) is 0.143. The summed E-state index contributed by atoms with van der Waals surface area (Å²) in [7, 11) is 0. The molecule has 7 heteroatoms. The molecule has 6 nitrogen and oxygen atoms in total. The Morgan fingerprint density at radius 2 is 2.10 bits per heavy atom. The lowest BCUT2D eigenvalue weighted by molar-refractivity contribution is 0.100. The SMILES string of the molecule is N#Cc1sc(NCCOc2ccccc2)c(C(N)=O)c1N. The maximum atomic E-state index is 11.4. The van der Waals surface area contributed by atoms with Crippen LogP contribution in [0.2, 0.25) is 0 Å². The van der Waals surface area contributed by atoms with E-state index in [9.17, 15) is 4.79 Å². The van der Waals surface area contributed by atoms with E-state index < -0.39 is 5.91 Å². The minimum Gasteiger partial charge on any atom is -0.492 e. The summed E-state index contributed by atoms with van der Waals surface area (Å²) < 4.78 is 5.52. The van der Waals surface area contributed by atoms with Crippen LogP contribution in [0.1, 0.15) is 15.2 Å². The molecule has 0 aliphatic heterocycles. The van der Waals surface area contributed by atoms with Gasteiger partial charge in [-0.2, -0.15) is 5.26 Å². The number of anilines is 2. The molecule has 1 heterocycles. The van der Waals surface area contributed by atoms with Gasteiger partial charge in [0.1, 0.15) is 28.3 Å². The molecule has 1 amide bonds. The fourth-order valence-corrected chi connectivity index (χ4v) is 2.69. The second-order valence-corrected chi connectivity index (χ2v) is 5.13. The number of carbonyl (C=O) groups excluding carboxylic acids is 1. The Morgan fingerprint density at radius 1 is 1.38 bits per heavy atom. The van der Waals surface area contributed by atoms with Gasteiger partial charge in [0.2, 0.25) is 0 Å². The number of primary amides is 1. The van der Waals surface area contributed by atoms with E-state index in [1.54, 1.807) is 0 Å². The monoisotopic (exact) mass is 302 g/mol. The minimum atomic E-state index is -0.656. The smallest absolute Gasteiger partial charge is 0.253 e. The van der Waals surface area contributed by atoms with E-state index in [0.29, 0.717) is 18.2 Å². The Bertz CT molecular complexity index is 676. The van der Waals surface area contributed by atoms with Gasteiger partial charge in [-0.05, 0) is 12.1 Å². The van der Waals surface area contributed by atoms with Gasteiger partial charge < -0.3 is 21.5 Å². The summed E-state index contributed by atoms with van der Waals surface area (Å²) in [5.41, 5.74) is 11.3. The zero-order valence-corrected chi connectivity index (χ0v) is 11.9. The molecule has 1 aromatic heterocycles. The van der Waals surface area contributed by atoms with E-state index in [2.05, 4.69) is 5.32 Å². The molecule has 0 saturated carbocycles. The van der Waals surface area contributed by atoms with Crippen LogP contribution in [-0.4, -0.2) is 19.1 Å². The maximum Gasteiger partial charge on any atom is 0.253 e. The number of nitriles is 1. The van der Waals surface area contributed by atoms with Crippen molar-refractivity contribution in [2.75, 3.05) is 24.2 Å². The van der Waals surface area contributed by atoms with Crippen LogP contribution in [-0.2, 0) is 0 Å². The number of nitrogens with two attached hydrogens (primary N) is 2. The number of nitrogens with one attached hydrogen (secondary N) is 1. The molecule has 2 aromatic rings. The average Bonchev–Trinajstić information content (AvgIpc) is 2.81. The summed E-state index contributed by atoms with van der Waals surface area (Å²) in [5.74, 6) is 0.106. The molecule has 0 unspecified atom stereocenters. The van der Waals surface area contributed by atoms with Crippen molar-refractivity contribution in [2.24, 2.45) is 5.73 Å². The number of thiophene rings is 1. The van der Waals surface area contributed by atoms with Crippen LogP contribution < -0.4 is 21.5 Å². The summed E-state index contributed by atoms with van der Waals surface area (Å²) >= 11 is 1.11. The number of rotatable bonds is 6. The Kier molecular flexibility index (Phi) is 4.64. The first-order chi connectivity index (χ1) is 10.1. The van der Waals surface area contributed by atoms with Gasteiger partial charge in [-0.3, -0.25) is 4.79 Å². The van der Waals surface area contributed by atoms with Gasteiger partial charge in [0, 0.05) is 6.54 Å². The van der Waals surface area contributed by atoms with Crippen molar-refractivity contribution in [3.63, 3.8) is 0 Å². The lowest BCUT2D eigenvalue weighted by Gasteiger charge is -2.08. The van der Waals surface area contributed by atoms with E-state index in [1.807, 2.05) is 36.4 Å². The standard InChI is InChI=1S/C14H14N4O2S/c15-8-10-12(16)11(13(17)19)14(21-10)18-6-7-20-9-4-2-1-3-5-9/h1-5,18H,6-7,16H2,(H2,17,19). The third-order valence-electron chi connectivity index (χ3n) is 2.69. The van der Waals surface area contributed by atoms with Crippen molar-refractivity contribution >= 4 is 27.9 Å². The Labute approximate surface area is 125 Å². The van der Waals surface area contributed by atoms with Crippen molar-refractivity contribution in [3.05, 3.63) is 40.8 Å². The van der Waals surface area contributed by atoms with Crippen LogP contribution in [0.5, 0.6) is 5.75 Å². The molecular weight excluding hydrogens is 288 g/mol. The van der Waals surface area contributed by atoms with Crippen LogP contribution in [0, 0.1) is 11.3 Å². The highest BCUT2D eigenvalue weighted by molar-refractivity contribution is 7.17. The summed E-state index contributed by atoms with van der Waals surface area (Å²) in [4.78, 5) is 11.7. The number of ether oxygens (including phenoxy) is 1. The zero-order chi connectivity index (χ0) is 15.2. The molecule has 5 N–H and O–H groups in total. The molecule has 21 heavy (non-hydrogen) atoms. The molecule has 0 bridgehead atoms. The summed E-state index contributed by atoms with van der Waals surface area (Å²) in [6.07, 6.45) is 0. The zero-order valence-electron chi connectivity index (χ0n) is 11.1. The number of hydrogen-bond donors (Lipinski definition) is 3. The highest BCUT2D eigenvalue weighted by Gasteiger charge is 2.19. The number of nitrogens with zero attached hydrogens (tertiary/aromatic N) is 1. The third-order valence-corrected chi connectivity index (χ3v) is 3.76. The quantitative estimate of drug-likeness (QED) is 0.704. The normalized spacial score (nSPS) is 9.86. The Morgan fingerprint density at radius 3 is 2.71 bits per heavy atom. The highest BCUT2D eigenvalue weighted by Crippen LogP contribution is 2.34. The van der Waals surface area contributed by atoms with Crippen molar-refractivity contribution in [2.45, 2.75) is 0 Å². The molecule has 0 aliphatic carbocycles. The van der Waals surface area contributed by atoms with Gasteiger partial charge in [-0.25, -0.2) is 0 Å². The second kappa shape index (κ2) is 6.63. The number of hydrogen-bond acceptors (Lipinski definition) is 6. The number of benzene rings is 1. The van der Waals surface area contributed by atoms with E-state index in [-0.39, 0.29) is 16.1 Å². The molecule has 0 saturated heterocycles. The molecule has 0 fully saturated rings. The van der Waals surface area contributed by atoms with Crippen molar-refractivity contribution < 1.29 is 9.53 Å². The molecule has 0 radical (unpaired) electrons. The Hall–Kier alpha value is -2.72. The van der Waals surface area contributed by atoms with Crippen LogP contribution in [0.3, 0.4) is 0 Å². The predicted molar refractivity (Wildman–Crippen MR) is 82.4 cm³/mol. The molecule has 0 atom stereocenters. The van der Waals surface area contributed by atoms with Gasteiger partial charge in [-0.15, -0.1) is 11.3 Å². The third kappa shape index (κ3) is 3.43. The van der Waals surface area contributed by atoms with Crippen molar-refractivity contribution in [1.29, 1.82) is 5.26 Å². The van der Waals surface area contributed by atoms with Gasteiger partial charge in [0.05, 0.1) is 11.3 Å². The van der Waals surface area contributed by atoms with Gasteiger partial charge >= 0.3 is 0 Å². The number of amides is 1. The minimum absolute atomic E-state index is 0.126. The van der Waals surface area contributed by atoms with Gasteiger partial charge in [0.25, 0.3) is 5.91 Å². The first-order valence-electron chi connectivity index (χ1n) is 6.17. The summed E-state index contributed by atoms with van der Waals surface area (Å²) in [6.45, 7) is 0.863. The number of para-hydroxylation sites is 1. The van der Waals surface area contributed by atoms with Crippen LogP contribution in [0.25, 0.3) is 0 Å². The lowest BCUT2D eigenvalue weighted by atomic mass is 10.2. The van der Waals surface area contributed by atoms with Crippen LogP contribution in [0.15, 0.2) is 30.3 Å². The van der Waals surface area contributed by atoms with Crippen LogP contribution in [0.4, 0.5) is 10.7 Å². The first kappa shape index (κ1) is 14.7. The van der Waals surface area contributed by atoms with E-state index in [1.165, 1.54) is 0 Å². The summed E-state index contributed by atoms with van der Waals surface area (Å²) in [6, 6.07) is 11.3. The molecule has 0 spiro atoms. The van der Waals surface area contributed by atoms with Crippen molar-refractivity contribution in [3.8, 4) is 11.8 Å². The van der Waals surface area contributed by atoms with E-state index in [4.69, 9.17) is 21.5 Å². The van der Waals surface area contributed by atoms with Gasteiger partial charge in [-0.1, -0.05) is 18.2 Å². The molecule has 0 aliphatic rings. The number of nitrogen functional groups attached to an aromatic ring is 1. The summed E-state index contributed by atoms with van der Waals surface area (Å²) in [5, 5.41) is 12.4. The topological polar surface area (TPSA) is 114 Å². The molecule has 2 rings (SSSR count). The first-order valence-corrected chi connectivity index (χ1v) is 6.99. The largest absolute Gasteiger partial charge is 0.492 e. The maximum absolute atomic E-state index is 11.4. The van der Waals surface area contributed by atoms with E-state index in [0.717, 1.165) is 17.1 Å².